The van der Waals surface area contributed by atoms with Gasteiger partial charge in [-0.2, -0.15) is 0 Å². The Balaban J connectivity index is 1.73. The van der Waals surface area contributed by atoms with Crippen LogP contribution >= 0.6 is 11.3 Å². The summed E-state index contributed by atoms with van der Waals surface area (Å²) < 4.78 is 0. The van der Waals surface area contributed by atoms with Crippen LogP contribution in [0.5, 0.6) is 0 Å². The Labute approximate surface area is 142 Å². The summed E-state index contributed by atoms with van der Waals surface area (Å²) >= 11 is 1.58. The summed E-state index contributed by atoms with van der Waals surface area (Å²) in [5.41, 5.74) is 2.66. The number of rotatable bonds is 5. The number of para-hydroxylation sites is 1. The fourth-order valence-corrected chi connectivity index (χ4v) is 4.08. The molecular weight excluding hydrogens is 304 g/mol. The number of fused-ring (bicyclic) bond motifs is 1. The minimum Gasteiger partial charge on any atom is -0.351 e. The molecule has 0 bridgehead atoms. The van der Waals surface area contributed by atoms with Crippen LogP contribution in [0.3, 0.4) is 0 Å². The number of hydrogen-bond acceptors (Lipinski definition) is 3. The third-order valence-electron chi connectivity index (χ3n) is 4.27. The van der Waals surface area contributed by atoms with E-state index >= 15 is 0 Å². The third kappa shape index (κ3) is 3.42. The van der Waals surface area contributed by atoms with E-state index in [1.54, 1.807) is 11.3 Å². The van der Waals surface area contributed by atoms with Crippen molar-refractivity contribution in [3.05, 3.63) is 46.8 Å². The number of nitrogens with one attached hydrogen (secondary N) is 1. The summed E-state index contributed by atoms with van der Waals surface area (Å²) in [5, 5.41) is 4.17. The average molecular weight is 328 g/mol. The molecule has 1 unspecified atom stereocenters. The van der Waals surface area contributed by atoms with Gasteiger partial charge in [0.05, 0.1) is 9.88 Å². The van der Waals surface area contributed by atoms with E-state index in [2.05, 4.69) is 61.3 Å². The Morgan fingerprint density at radius 1 is 1.30 bits per heavy atom. The van der Waals surface area contributed by atoms with E-state index in [1.807, 2.05) is 6.07 Å². The first-order valence-electron chi connectivity index (χ1n) is 8.31. The van der Waals surface area contributed by atoms with Crippen LogP contribution in [0.15, 0.2) is 36.4 Å². The van der Waals surface area contributed by atoms with E-state index in [0.717, 1.165) is 29.3 Å². The summed E-state index contributed by atoms with van der Waals surface area (Å²) in [7, 11) is 0. The van der Waals surface area contributed by atoms with E-state index in [9.17, 15) is 4.79 Å². The Morgan fingerprint density at radius 3 is 2.87 bits per heavy atom. The molecule has 122 valence electrons. The summed E-state index contributed by atoms with van der Waals surface area (Å²) in [5.74, 6) is 0.651. The quantitative estimate of drug-likeness (QED) is 0.869. The van der Waals surface area contributed by atoms with Gasteiger partial charge in [-0.3, -0.25) is 4.79 Å². The molecule has 23 heavy (non-hydrogen) atoms. The van der Waals surface area contributed by atoms with E-state index in [1.165, 1.54) is 11.3 Å². The zero-order valence-corrected chi connectivity index (χ0v) is 14.8. The third-order valence-corrected chi connectivity index (χ3v) is 5.35. The molecule has 0 spiro atoms. The van der Waals surface area contributed by atoms with Crippen molar-refractivity contribution >= 4 is 27.9 Å². The molecule has 2 aromatic rings. The largest absolute Gasteiger partial charge is 0.351 e. The second-order valence-electron chi connectivity index (χ2n) is 6.63. The Morgan fingerprint density at radius 2 is 2.09 bits per heavy atom. The SMILES string of the molecule is CC(C)CCNC(=O)c1ccc(N2c3ccccc3CC2C)s1. The lowest BCUT2D eigenvalue weighted by atomic mass is 10.1. The number of carbonyl (C=O) groups excluding carboxylic acids is 1. The lowest BCUT2D eigenvalue weighted by Crippen LogP contribution is -2.24. The van der Waals surface area contributed by atoms with Gasteiger partial charge in [0.2, 0.25) is 0 Å². The van der Waals surface area contributed by atoms with Crippen LogP contribution in [-0.2, 0) is 6.42 Å². The van der Waals surface area contributed by atoms with E-state index in [-0.39, 0.29) is 5.91 Å². The number of amides is 1. The molecule has 0 fully saturated rings. The zero-order valence-electron chi connectivity index (χ0n) is 14.0. The van der Waals surface area contributed by atoms with Gasteiger partial charge in [0.25, 0.3) is 5.91 Å². The normalized spacial score (nSPS) is 16.7. The van der Waals surface area contributed by atoms with Crippen LogP contribution in [0.25, 0.3) is 0 Å². The Bertz CT molecular complexity index is 692. The predicted molar refractivity (Wildman–Crippen MR) is 97.9 cm³/mol. The number of thiophene rings is 1. The van der Waals surface area contributed by atoms with Gasteiger partial charge >= 0.3 is 0 Å². The molecule has 1 aliphatic heterocycles. The fourth-order valence-electron chi connectivity index (χ4n) is 3.04. The fraction of sp³-hybridized carbons (Fsp3) is 0.421. The van der Waals surface area contributed by atoms with Gasteiger partial charge in [0.1, 0.15) is 0 Å². The van der Waals surface area contributed by atoms with Gasteiger partial charge in [-0.25, -0.2) is 0 Å². The van der Waals surface area contributed by atoms with Crippen LogP contribution in [0.4, 0.5) is 10.7 Å². The van der Waals surface area contributed by atoms with Crippen molar-refractivity contribution in [2.24, 2.45) is 5.92 Å². The standard InChI is InChI=1S/C19H24N2OS/c1-13(2)10-11-20-19(22)17-8-9-18(23-17)21-14(3)12-15-6-4-5-7-16(15)21/h4-9,13-14H,10-12H2,1-3H3,(H,20,22). The van der Waals surface area contributed by atoms with Crippen molar-refractivity contribution in [2.75, 3.05) is 11.4 Å². The van der Waals surface area contributed by atoms with Crippen molar-refractivity contribution < 1.29 is 4.79 Å². The maximum Gasteiger partial charge on any atom is 0.261 e. The van der Waals surface area contributed by atoms with Crippen LogP contribution in [-0.4, -0.2) is 18.5 Å². The minimum absolute atomic E-state index is 0.0436. The number of benzene rings is 1. The van der Waals surface area contributed by atoms with Crippen molar-refractivity contribution in [2.45, 2.75) is 39.7 Å². The number of anilines is 2. The molecule has 0 radical (unpaired) electrons. The average Bonchev–Trinajstić information content (AvgIpc) is 3.09. The van der Waals surface area contributed by atoms with E-state index in [4.69, 9.17) is 0 Å². The molecule has 1 aromatic carbocycles. The van der Waals surface area contributed by atoms with E-state index in [0.29, 0.717) is 12.0 Å². The number of carbonyl (C=O) groups is 1. The second-order valence-corrected chi connectivity index (χ2v) is 7.69. The van der Waals surface area contributed by atoms with E-state index < -0.39 is 0 Å². The molecule has 3 nitrogen and oxygen atoms in total. The number of hydrogen-bond donors (Lipinski definition) is 1. The molecule has 1 N–H and O–H groups in total. The summed E-state index contributed by atoms with van der Waals surface area (Å²) in [4.78, 5) is 15.4. The zero-order chi connectivity index (χ0) is 16.4. The van der Waals surface area contributed by atoms with Gasteiger partial charge < -0.3 is 10.2 Å². The van der Waals surface area contributed by atoms with Crippen LogP contribution < -0.4 is 10.2 Å². The summed E-state index contributed by atoms with van der Waals surface area (Å²) in [6, 6.07) is 13.0. The Hall–Kier alpha value is -1.81. The molecule has 1 aromatic heterocycles. The van der Waals surface area contributed by atoms with Gasteiger partial charge in [-0.1, -0.05) is 32.0 Å². The second kappa shape index (κ2) is 6.75. The lowest BCUT2D eigenvalue weighted by Gasteiger charge is -2.22. The molecule has 3 rings (SSSR count). The van der Waals surface area contributed by atoms with Crippen molar-refractivity contribution in [3.8, 4) is 0 Å². The van der Waals surface area contributed by atoms with Crippen LogP contribution in [0.1, 0.15) is 42.4 Å². The highest BCUT2D eigenvalue weighted by atomic mass is 32.1. The Kier molecular flexibility index (Phi) is 4.71. The maximum absolute atomic E-state index is 12.3. The monoisotopic (exact) mass is 328 g/mol. The first kappa shape index (κ1) is 16.1. The smallest absolute Gasteiger partial charge is 0.261 e. The molecule has 0 saturated carbocycles. The van der Waals surface area contributed by atoms with Crippen LogP contribution in [0.2, 0.25) is 0 Å². The molecular formula is C19H24N2OS. The first-order chi connectivity index (χ1) is 11.1. The number of nitrogens with zero attached hydrogens (tertiary/aromatic N) is 1. The van der Waals surface area contributed by atoms with Crippen molar-refractivity contribution in [1.82, 2.24) is 5.32 Å². The highest BCUT2D eigenvalue weighted by molar-refractivity contribution is 7.18. The lowest BCUT2D eigenvalue weighted by molar-refractivity contribution is 0.0956. The highest BCUT2D eigenvalue weighted by Crippen LogP contribution is 2.41. The summed E-state index contributed by atoms with van der Waals surface area (Å²) in [6.45, 7) is 7.32. The molecule has 4 heteroatoms. The van der Waals surface area contributed by atoms with Gasteiger partial charge in [-0.15, -0.1) is 11.3 Å². The van der Waals surface area contributed by atoms with Crippen molar-refractivity contribution in [1.29, 1.82) is 0 Å². The molecule has 0 saturated heterocycles. The van der Waals surface area contributed by atoms with Gasteiger partial charge in [-0.05, 0) is 49.4 Å². The molecule has 1 aliphatic rings. The summed E-state index contributed by atoms with van der Waals surface area (Å²) in [6.07, 6.45) is 2.07. The highest BCUT2D eigenvalue weighted by Gasteiger charge is 2.28. The van der Waals surface area contributed by atoms with Crippen molar-refractivity contribution in [3.63, 3.8) is 0 Å². The predicted octanol–water partition coefficient (Wildman–Crippen LogP) is 4.61. The van der Waals surface area contributed by atoms with Crippen LogP contribution in [0, 0.1) is 5.92 Å². The maximum atomic E-state index is 12.3. The molecule has 1 atom stereocenters. The molecule has 2 heterocycles. The topological polar surface area (TPSA) is 32.3 Å². The molecule has 0 aliphatic carbocycles. The van der Waals surface area contributed by atoms with Gasteiger partial charge in [0.15, 0.2) is 0 Å². The first-order valence-corrected chi connectivity index (χ1v) is 9.13. The van der Waals surface area contributed by atoms with Gasteiger partial charge in [0, 0.05) is 18.3 Å². The molecule has 1 amide bonds. The minimum atomic E-state index is 0.0436.